The predicted molar refractivity (Wildman–Crippen MR) is 133 cm³/mol. The van der Waals surface area contributed by atoms with E-state index in [0.29, 0.717) is 17.9 Å². The Labute approximate surface area is 191 Å². The molecule has 1 aromatic rings. The second-order valence-corrected chi connectivity index (χ2v) is 10.7. The van der Waals surface area contributed by atoms with Crippen LogP contribution in [0.4, 0.5) is 0 Å². The van der Waals surface area contributed by atoms with Gasteiger partial charge in [-0.25, -0.2) is 0 Å². The van der Waals surface area contributed by atoms with Gasteiger partial charge in [0.15, 0.2) is 0 Å². The van der Waals surface area contributed by atoms with Crippen LogP contribution in [-0.2, 0) is 6.42 Å². The van der Waals surface area contributed by atoms with Crippen molar-refractivity contribution in [3.05, 3.63) is 41.0 Å². The fourth-order valence-electron chi connectivity index (χ4n) is 6.25. The van der Waals surface area contributed by atoms with Crippen LogP contribution < -0.4 is 5.32 Å². The molecule has 2 aliphatic carbocycles. The Hall–Kier alpha value is -1.16. The summed E-state index contributed by atoms with van der Waals surface area (Å²) in [5.41, 5.74) is 4.70. The maximum atomic E-state index is 10.6. The summed E-state index contributed by atoms with van der Waals surface area (Å²) in [6, 6.07) is 9.42. The molecule has 0 spiro atoms. The summed E-state index contributed by atoms with van der Waals surface area (Å²) in [5, 5.41) is 14.5. The van der Waals surface area contributed by atoms with E-state index in [1.807, 2.05) is 0 Å². The van der Waals surface area contributed by atoms with Crippen molar-refractivity contribution in [2.24, 2.45) is 17.3 Å². The molecule has 3 rings (SSSR count). The van der Waals surface area contributed by atoms with Crippen molar-refractivity contribution in [3.63, 3.8) is 0 Å². The van der Waals surface area contributed by atoms with Gasteiger partial charge in [-0.2, -0.15) is 0 Å². The maximum absolute atomic E-state index is 10.6. The number of hydrogen-bond donors (Lipinski definition) is 2. The third-order valence-corrected chi connectivity index (χ3v) is 8.17. The lowest BCUT2D eigenvalue weighted by Gasteiger charge is -2.55. The molecule has 0 amide bonds. The first-order chi connectivity index (χ1) is 14.9. The zero-order valence-electron chi connectivity index (χ0n) is 20.7. The van der Waals surface area contributed by atoms with Crippen LogP contribution in [0.1, 0.15) is 76.8 Å². The number of nitrogens with zero attached hydrogens (tertiary/aromatic N) is 1. The van der Waals surface area contributed by atoms with Gasteiger partial charge in [0.1, 0.15) is 0 Å². The monoisotopic (exact) mass is 426 g/mol. The van der Waals surface area contributed by atoms with E-state index in [4.69, 9.17) is 0 Å². The Morgan fingerprint density at radius 2 is 1.97 bits per heavy atom. The fraction of sp³-hybridized carbons (Fsp3) is 0.714. The smallest absolute Gasteiger partial charge is 0.0568 e. The normalized spacial score (nSPS) is 32.4. The van der Waals surface area contributed by atoms with Crippen molar-refractivity contribution in [2.45, 2.75) is 84.3 Å². The van der Waals surface area contributed by atoms with Crippen LogP contribution in [-0.4, -0.2) is 49.3 Å². The van der Waals surface area contributed by atoms with Gasteiger partial charge in [0.05, 0.1) is 6.10 Å². The summed E-state index contributed by atoms with van der Waals surface area (Å²) < 4.78 is 0. The molecular formula is C28H46N2O. The molecule has 0 bridgehead atoms. The number of aliphatic hydroxyl groups excluding tert-OH is 1. The van der Waals surface area contributed by atoms with Crippen LogP contribution in [0.3, 0.4) is 0 Å². The summed E-state index contributed by atoms with van der Waals surface area (Å²) in [6.07, 6.45) is 11.6. The molecule has 2 saturated carbocycles. The summed E-state index contributed by atoms with van der Waals surface area (Å²) in [6.45, 7) is 9.27. The van der Waals surface area contributed by atoms with Gasteiger partial charge in [0, 0.05) is 6.04 Å². The highest BCUT2D eigenvalue weighted by atomic mass is 16.3. The molecule has 2 aliphatic rings. The van der Waals surface area contributed by atoms with E-state index in [-0.39, 0.29) is 11.5 Å². The number of nitrogens with one attached hydrogen (secondary N) is 1. The number of unbranched alkanes of at least 4 members (excludes halogenated alkanes) is 1. The van der Waals surface area contributed by atoms with Crippen molar-refractivity contribution in [2.75, 3.05) is 27.2 Å². The molecule has 3 heteroatoms. The van der Waals surface area contributed by atoms with Crippen molar-refractivity contribution in [3.8, 4) is 0 Å². The van der Waals surface area contributed by atoms with Crippen LogP contribution in [0.2, 0.25) is 0 Å². The number of fused-ring (bicyclic) bond motifs is 1. The second kappa shape index (κ2) is 11.1. The van der Waals surface area contributed by atoms with Crippen LogP contribution >= 0.6 is 0 Å². The fourth-order valence-corrected chi connectivity index (χ4v) is 6.25. The minimum absolute atomic E-state index is 0.127. The highest BCUT2D eigenvalue weighted by Crippen LogP contribution is 2.54. The molecular weight excluding hydrogens is 380 g/mol. The molecule has 5 atom stereocenters. The second-order valence-electron chi connectivity index (χ2n) is 10.7. The van der Waals surface area contributed by atoms with Crippen molar-refractivity contribution in [1.29, 1.82) is 0 Å². The number of aryl methyl sites for hydroxylation is 1. The first-order valence-electron chi connectivity index (χ1n) is 12.7. The van der Waals surface area contributed by atoms with Crippen LogP contribution in [0.5, 0.6) is 0 Å². The summed E-state index contributed by atoms with van der Waals surface area (Å²) in [7, 11) is 4.31. The Bertz CT molecular complexity index is 727. The first-order valence-corrected chi connectivity index (χ1v) is 12.7. The Kier molecular flexibility index (Phi) is 8.78. The Balaban J connectivity index is 1.88. The molecule has 1 aromatic carbocycles. The minimum atomic E-state index is -0.127. The predicted octanol–water partition coefficient (Wildman–Crippen LogP) is 5.53. The van der Waals surface area contributed by atoms with Gasteiger partial charge in [-0.1, -0.05) is 63.1 Å². The molecule has 2 fully saturated rings. The largest absolute Gasteiger partial charge is 0.393 e. The van der Waals surface area contributed by atoms with Crippen molar-refractivity contribution in [1.82, 2.24) is 10.2 Å². The number of aliphatic hydroxyl groups is 1. The summed E-state index contributed by atoms with van der Waals surface area (Å²) in [4.78, 5) is 2.27. The number of benzene rings is 1. The van der Waals surface area contributed by atoms with E-state index in [9.17, 15) is 5.11 Å². The van der Waals surface area contributed by atoms with Crippen LogP contribution in [0, 0.1) is 17.3 Å². The molecule has 0 aliphatic heterocycles. The molecule has 4 unspecified atom stereocenters. The third-order valence-electron chi connectivity index (χ3n) is 8.17. The maximum Gasteiger partial charge on any atom is 0.0568 e. The molecule has 174 valence electrons. The molecule has 3 nitrogen and oxygen atoms in total. The lowest BCUT2D eigenvalue weighted by atomic mass is 9.53. The molecule has 2 N–H and O–H groups in total. The highest BCUT2D eigenvalue weighted by molar-refractivity contribution is 5.58. The van der Waals surface area contributed by atoms with Crippen molar-refractivity contribution >= 4 is 6.08 Å². The molecule has 0 saturated heterocycles. The Morgan fingerprint density at radius 3 is 2.71 bits per heavy atom. The average Bonchev–Trinajstić information content (AvgIpc) is 2.74. The lowest BCUT2D eigenvalue weighted by molar-refractivity contribution is -0.0587. The van der Waals surface area contributed by atoms with Gasteiger partial charge in [-0.3, -0.25) is 0 Å². The number of hydrogen-bond acceptors (Lipinski definition) is 3. The summed E-state index contributed by atoms with van der Waals surface area (Å²) >= 11 is 0. The SMILES string of the molecule is CCCCNC1/C(=C\c2ccccc2CCCN(C)C)CCC2C(C)C(O)CC[C@]12C. The van der Waals surface area contributed by atoms with E-state index >= 15 is 0 Å². The van der Waals surface area contributed by atoms with Gasteiger partial charge < -0.3 is 15.3 Å². The minimum Gasteiger partial charge on any atom is -0.393 e. The van der Waals surface area contributed by atoms with E-state index in [1.165, 1.54) is 36.8 Å². The zero-order chi connectivity index (χ0) is 22.4. The first kappa shape index (κ1) is 24.5. The quantitative estimate of drug-likeness (QED) is 0.510. The van der Waals surface area contributed by atoms with Crippen LogP contribution in [0.25, 0.3) is 6.08 Å². The van der Waals surface area contributed by atoms with E-state index in [0.717, 1.165) is 38.8 Å². The third kappa shape index (κ3) is 5.80. The van der Waals surface area contributed by atoms with E-state index in [1.54, 1.807) is 5.57 Å². The van der Waals surface area contributed by atoms with E-state index < -0.39 is 0 Å². The molecule has 0 aromatic heterocycles. The van der Waals surface area contributed by atoms with Crippen LogP contribution in [0.15, 0.2) is 29.8 Å². The lowest BCUT2D eigenvalue weighted by Crippen LogP contribution is -2.57. The van der Waals surface area contributed by atoms with Gasteiger partial charge in [-0.05, 0) is 101 Å². The molecule has 0 radical (unpaired) electrons. The van der Waals surface area contributed by atoms with Gasteiger partial charge in [0.25, 0.3) is 0 Å². The standard InChI is InChI=1S/C28H46N2O/c1-6-7-18-29-27-24(14-15-25-21(2)26(31)16-17-28(25,27)3)20-23-12-9-8-11-22(23)13-10-19-30(4)5/h8-9,11-12,20-21,25-27,29,31H,6-7,10,13-19H2,1-5H3/b24-20-/t21?,25?,26?,27?,28-/m0/s1. The molecule has 0 heterocycles. The van der Waals surface area contributed by atoms with Gasteiger partial charge in [-0.15, -0.1) is 0 Å². The number of rotatable bonds is 9. The summed E-state index contributed by atoms with van der Waals surface area (Å²) in [5.74, 6) is 0.997. The highest BCUT2D eigenvalue weighted by Gasteiger charge is 2.51. The van der Waals surface area contributed by atoms with Crippen molar-refractivity contribution < 1.29 is 5.11 Å². The average molecular weight is 427 g/mol. The topological polar surface area (TPSA) is 35.5 Å². The molecule has 31 heavy (non-hydrogen) atoms. The Morgan fingerprint density at radius 1 is 1.19 bits per heavy atom. The van der Waals surface area contributed by atoms with Gasteiger partial charge >= 0.3 is 0 Å². The van der Waals surface area contributed by atoms with E-state index in [2.05, 4.69) is 75.4 Å². The van der Waals surface area contributed by atoms with Gasteiger partial charge in [0.2, 0.25) is 0 Å². The zero-order valence-corrected chi connectivity index (χ0v) is 20.7.